The number of nitrogens with one attached hydrogen (secondary N) is 2. The molecule has 0 aliphatic rings. The third kappa shape index (κ3) is 5.74. The number of amides is 2. The predicted molar refractivity (Wildman–Crippen MR) is 102 cm³/mol. The first kappa shape index (κ1) is 20.7. The number of hydrogen-bond acceptors (Lipinski definition) is 5. The van der Waals surface area contributed by atoms with E-state index in [1.165, 1.54) is 0 Å². The van der Waals surface area contributed by atoms with Crippen LogP contribution in [0.1, 0.15) is 15.9 Å². The molecular weight excluding hydrogens is 407 g/mol. The Hall–Kier alpha value is -3.01. The number of benzene rings is 2. The van der Waals surface area contributed by atoms with Gasteiger partial charge in [-0.15, -0.1) is 0 Å². The number of rotatable bonds is 7. The normalized spacial score (nSPS) is 11.4. The van der Waals surface area contributed by atoms with Crippen molar-refractivity contribution in [3.63, 3.8) is 0 Å². The van der Waals surface area contributed by atoms with Crippen molar-refractivity contribution in [2.75, 3.05) is 18.8 Å². The van der Waals surface area contributed by atoms with Gasteiger partial charge in [-0.05, 0) is 36.4 Å². The van der Waals surface area contributed by atoms with Gasteiger partial charge in [-0.25, -0.2) is 4.98 Å². The fraction of sp³-hybridized carbons (Fsp3) is 0.211. The molecule has 1 heterocycles. The molecule has 152 valence electrons. The Balaban J connectivity index is 1.37. The molecule has 1 aromatic heterocycles. The van der Waals surface area contributed by atoms with Crippen LogP contribution < -0.4 is 10.6 Å². The van der Waals surface area contributed by atoms with Crippen LogP contribution in [-0.4, -0.2) is 35.6 Å². The van der Waals surface area contributed by atoms with Crippen LogP contribution in [0.5, 0.6) is 0 Å². The van der Waals surface area contributed by atoms with Gasteiger partial charge in [0.25, 0.3) is 11.1 Å². The highest BCUT2D eigenvalue weighted by Gasteiger charge is 2.30. The molecule has 0 spiro atoms. The number of carbonyl (C=O) groups excluding carboxylic acids is 2. The van der Waals surface area contributed by atoms with E-state index >= 15 is 0 Å². The third-order valence-corrected chi connectivity index (χ3v) is 4.64. The number of halogens is 3. The minimum absolute atomic E-state index is 0.0969. The molecule has 0 fully saturated rings. The summed E-state index contributed by atoms with van der Waals surface area (Å²) in [5, 5.41) is 5.55. The fourth-order valence-electron chi connectivity index (χ4n) is 2.38. The quantitative estimate of drug-likeness (QED) is 0.449. The van der Waals surface area contributed by atoms with E-state index in [9.17, 15) is 22.8 Å². The van der Waals surface area contributed by atoms with Gasteiger partial charge in [-0.3, -0.25) is 9.59 Å². The average molecular weight is 423 g/mol. The van der Waals surface area contributed by atoms with Crippen LogP contribution in [0.15, 0.2) is 58.2 Å². The van der Waals surface area contributed by atoms with Gasteiger partial charge in [-0.2, -0.15) is 13.2 Å². The van der Waals surface area contributed by atoms with Crippen LogP contribution >= 0.6 is 11.8 Å². The smallest absolute Gasteiger partial charge is 0.416 e. The third-order valence-electron chi connectivity index (χ3n) is 3.81. The first-order valence-corrected chi connectivity index (χ1v) is 9.52. The van der Waals surface area contributed by atoms with Crippen LogP contribution in [0.4, 0.5) is 13.2 Å². The van der Waals surface area contributed by atoms with Crippen molar-refractivity contribution in [1.82, 2.24) is 15.6 Å². The van der Waals surface area contributed by atoms with Crippen molar-refractivity contribution >= 4 is 34.7 Å². The first-order chi connectivity index (χ1) is 13.8. The van der Waals surface area contributed by atoms with E-state index in [0.29, 0.717) is 16.3 Å². The Labute approximate surface area is 167 Å². The molecule has 3 aromatic rings. The van der Waals surface area contributed by atoms with E-state index < -0.39 is 17.6 Å². The van der Waals surface area contributed by atoms with Gasteiger partial charge in [0.1, 0.15) is 5.52 Å². The van der Waals surface area contributed by atoms with Gasteiger partial charge in [0, 0.05) is 18.7 Å². The van der Waals surface area contributed by atoms with Crippen LogP contribution in [0, 0.1) is 0 Å². The Kier molecular flexibility index (Phi) is 6.42. The maximum Gasteiger partial charge on any atom is 0.416 e. The summed E-state index contributed by atoms with van der Waals surface area (Å²) >= 11 is 1.15. The number of oxazole rings is 1. The Morgan fingerprint density at radius 3 is 2.38 bits per heavy atom. The molecule has 6 nitrogen and oxygen atoms in total. The van der Waals surface area contributed by atoms with Gasteiger partial charge in [0.2, 0.25) is 5.91 Å². The number of carbonyl (C=O) groups is 2. The van der Waals surface area contributed by atoms with Gasteiger partial charge >= 0.3 is 6.18 Å². The lowest BCUT2D eigenvalue weighted by Crippen LogP contribution is -2.35. The summed E-state index contributed by atoms with van der Waals surface area (Å²) < 4.78 is 43.1. The lowest BCUT2D eigenvalue weighted by molar-refractivity contribution is -0.137. The molecule has 3 rings (SSSR count). The molecule has 29 heavy (non-hydrogen) atoms. The molecule has 2 amide bonds. The van der Waals surface area contributed by atoms with Crippen molar-refractivity contribution in [2.24, 2.45) is 0 Å². The van der Waals surface area contributed by atoms with E-state index in [-0.39, 0.29) is 30.3 Å². The molecule has 2 N–H and O–H groups in total. The molecule has 0 aliphatic heterocycles. The molecule has 10 heteroatoms. The predicted octanol–water partition coefficient (Wildman–Crippen LogP) is 3.48. The molecule has 0 saturated carbocycles. The molecule has 0 radical (unpaired) electrons. The van der Waals surface area contributed by atoms with Crippen molar-refractivity contribution in [3.8, 4) is 0 Å². The second kappa shape index (κ2) is 8.99. The van der Waals surface area contributed by atoms with E-state index in [1.807, 2.05) is 18.2 Å². The van der Waals surface area contributed by atoms with Crippen LogP contribution in [0.3, 0.4) is 0 Å². The second-order valence-electron chi connectivity index (χ2n) is 5.92. The number of thioether (sulfide) groups is 1. The van der Waals surface area contributed by atoms with Crippen LogP contribution in [0.25, 0.3) is 11.1 Å². The zero-order valence-electron chi connectivity index (χ0n) is 15.0. The van der Waals surface area contributed by atoms with Gasteiger partial charge < -0.3 is 15.1 Å². The van der Waals surface area contributed by atoms with E-state index in [2.05, 4.69) is 15.6 Å². The molecule has 0 bridgehead atoms. The Morgan fingerprint density at radius 1 is 1.00 bits per heavy atom. The number of fused-ring (bicyclic) bond motifs is 1. The summed E-state index contributed by atoms with van der Waals surface area (Å²) in [7, 11) is 0. The van der Waals surface area contributed by atoms with Crippen molar-refractivity contribution in [2.45, 2.75) is 11.4 Å². The summed E-state index contributed by atoms with van der Waals surface area (Å²) in [6, 6.07) is 11.2. The SMILES string of the molecule is O=C(CSc1nc2ccccc2o1)NCCNC(=O)c1ccc(C(F)(F)F)cc1. The lowest BCUT2D eigenvalue weighted by Gasteiger charge is -2.09. The monoisotopic (exact) mass is 423 g/mol. The molecule has 0 aliphatic carbocycles. The summed E-state index contributed by atoms with van der Waals surface area (Å²) in [6.07, 6.45) is -4.45. The summed E-state index contributed by atoms with van der Waals surface area (Å²) in [5.74, 6) is -0.686. The minimum atomic E-state index is -4.45. The zero-order valence-corrected chi connectivity index (χ0v) is 15.8. The minimum Gasteiger partial charge on any atom is -0.431 e. The van der Waals surface area contributed by atoms with Crippen molar-refractivity contribution in [3.05, 3.63) is 59.7 Å². The van der Waals surface area contributed by atoms with Crippen LogP contribution in [0.2, 0.25) is 0 Å². The second-order valence-corrected chi connectivity index (χ2v) is 6.84. The fourth-order valence-corrected chi connectivity index (χ4v) is 3.05. The Bertz CT molecular complexity index is 970. The topological polar surface area (TPSA) is 84.2 Å². The van der Waals surface area contributed by atoms with E-state index in [0.717, 1.165) is 36.0 Å². The number of alkyl halides is 3. The van der Waals surface area contributed by atoms with Gasteiger partial charge in [-0.1, -0.05) is 23.9 Å². The molecule has 0 atom stereocenters. The van der Waals surface area contributed by atoms with E-state index in [4.69, 9.17) is 4.42 Å². The first-order valence-electron chi connectivity index (χ1n) is 8.53. The standard InChI is InChI=1S/C19H16F3N3O3S/c20-19(21,22)13-7-5-12(6-8-13)17(27)24-10-9-23-16(26)11-29-18-25-14-3-1-2-4-15(14)28-18/h1-8H,9-11H2,(H,23,26)(H,24,27). The summed E-state index contributed by atoms with van der Waals surface area (Å²) in [4.78, 5) is 28.0. The average Bonchev–Trinajstić information content (AvgIpc) is 3.12. The maximum atomic E-state index is 12.5. The lowest BCUT2D eigenvalue weighted by atomic mass is 10.1. The number of nitrogens with zero attached hydrogens (tertiary/aromatic N) is 1. The van der Waals surface area contributed by atoms with Crippen molar-refractivity contribution in [1.29, 1.82) is 0 Å². The maximum absolute atomic E-state index is 12.5. The number of aromatic nitrogens is 1. The summed E-state index contributed by atoms with van der Waals surface area (Å²) in [6.45, 7) is 0.318. The van der Waals surface area contributed by atoms with Crippen molar-refractivity contribution < 1.29 is 27.2 Å². The largest absolute Gasteiger partial charge is 0.431 e. The van der Waals surface area contributed by atoms with Crippen LogP contribution in [-0.2, 0) is 11.0 Å². The Morgan fingerprint density at radius 2 is 1.69 bits per heavy atom. The molecule has 0 saturated heterocycles. The van der Waals surface area contributed by atoms with Gasteiger partial charge in [0.15, 0.2) is 5.58 Å². The molecule has 0 unspecified atom stereocenters. The zero-order chi connectivity index (χ0) is 20.9. The molecular formula is C19H16F3N3O3S. The highest BCUT2D eigenvalue weighted by atomic mass is 32.2. The number of para-hydroxylation sites is 2. The highest BCUT2D eigenvalue weighted by Crippen LogP contribution is 2.29. The van der Waals surface area contributed by atoms with Gasteiger partial charge in [0.05, 0.1) is 11.3 Å². The van der Waals surface area contributed by atoms with E-state index in [1.54, 1.807) is 6.07 Å². The molecule has 2 aromatic carbocycles. The summed E-state index contributed by atoms with van der Waals surface area (Å²) in [5.41, 5.74) is 0.636. The highest BCUT2D eigenvalue weighted by molar-refractivity contribution is 7.99. The number of hydrogen-bond donors (Lipinski definition) is 2.